The van der Waals surface area contributed by atoms with Gasteiger partial charge in [-0.1, -0.05) is 30.7 Å². The molecule has 7 heteroatoms. The fourth-order valence-electron chi connectivity index (χ4n) is 1.94. The van der Waals surface area contributed by atoms with Crippen LogP contribution in [0.15, 0.2) is 42.5 Å². The number of hydrogen-bond acceptors (Lipinski definition) is 3. The molecule has 1 amide bonds. The summed E-state index contributed by atoms with van der Waals surface area (Å²) in [4.78, 5) is 11.9. The molecule has 0 atom stereocenters. The van der Waals surface area contributed by atoms with E-state index in [9.17, 15) is 13.6 Å². The molecule has 4 nitrogen and oxygen atoms in total. The van der Waals surface area contributed by atoms with Crippen LogP contribution in [0.1, 0.15) is 12.5 Å². The minimum absolute atomic E-state index is 0.0239. The minimum atomic E-state index is -2.96. The van der Waals surface area contributed by atoms with Gasteiger partial charge in [-0.3, -0.25) is 4.79 Å². The van der Waals surface area contributed by atoms with Gasteiger partial charge in [0, 0.05) is 5.69 Å². The Labute approximate surface area is 143 Å². The van der Waals surface area contributed by atoms with Gasteiger partial charge in [0.25, 0.3) is 5.91 Å². The molecule has 0 saturated heterocycles. The van der Waals surface area contributed by atoms with Gasteiger partial charge in [-0.15, -0.1) is 0 Å². The van der Waals surface area contributed by atoms with Crippen LogP contribution >= 0.6 is 11.6 Å². The van der Waals surface area contributed by atoms with E-state index in [1.807, 2.05) is 19.1 Å². The number of ether oxygens (including phenoxy) is 2. The van der Waals surface area contributed by atoms with Crippen LogP contribution in [0.3, 0.4) is 0 Å². The van der Waals surface area contributed by atoms with E-state index >= 15 is 0 Å². The van der Waals surface area contributed by atoms with Crippen molar-refractivity contribution in [1.29, 1.82) is 0 Å². The van der Waals surface area contributed by atoms with Gasteiger partial charge in [0.1, 0.15) is 11.5 Å². The van der Waals surface area contributed by atoms with Crippen molar-refractivity contribution in [3.8, 4) is 11.5 Å². The summed E-state index contributed by atoms with van der Waals surface area (Å²) in [6.07, 6.45) is 0.923. The molecule has 0 spiro atoms. The van der Waals surface area contributed by atoms with Crippen molar-refractivity contribution < 1.29 is 23.0 Å². The third-order valence-corrected chi connectivity index (χ3v) is 3.43. The molecule has 0 unspecified atom stereocenters. The predicted molar refractivity (Wildman–Crippen MR) is 88.0 cm³/mol. The second-order valence-corrected chi connectivity index (χ2v) is 5.27. The van der Waals surface area contributed by atoms with Crippen LogP contribution in [0.4, 0.5) is 14.5 Å². The first-order valence-electron chi connectivity index (χ1n) is 7.24. The second-order valence-electron chi connectivity index (χ2n) is 4.86. The van der Waals surface area contributed by atoms with E-state index in [1.54, 1.807) is 12.1 Å². The molecule has 0 fully saturated rings. The smallest absolute Gasteiger partial charge is 0.387 e. The Hall–Kier alpha value is -2.34. The summed E-state index contributed by atoms with van der Waals surface area (Å²) in [6.45, 7) is -1.10. The Bertz CT molecular complexity index is 693. The Morgan fingerprint density at radius 2 is 1.92 bits per heavy atom. The SMILES string of the molecule is CCc1ccc(OCC(=O)Nc2ccc(OC(F)F)c(Cl)c2)cc1. The maximum Gasteiger partial charge on any atom is 0.387 e. The van der Waals surface area contributed by atoms with E-state index in [0.29, 0.717) is 11.4 Å². The topological polar surface area (TPSA) is 47.6 Å². The molecule has 0 heterocycles. The highest BCUT2D eigenvalue weighted by atomic mass is 35.5. The van der Waals surface area contributed by atoms with Gasteiger partial charge in [0.2, 0.25) is 0 Å². The van der Waals surface area contributed by atoms with Crippen LogP contribution < -0.4 is 14.8 Å². The first kappa shape index (κ1) is 18.0. The highest BCUT2D eigenvalue weighted by Crippen LogP contribution is 2.28. The van der Waals surface area contributed by atoms with Gasteiger partial charge in [0.15, 0.2) is 6.61 Å². The number of amides is 1. The average molecular weight is 356 g/mol. The van der Waals surface area contributed by atoms with E-state index in [-0.39, 0.29) is 17.4 Å². The van der Waals surface area contributed by atoms with Gasteiger partial charge in [-0.05, 0) is 42.3 Å². The lowest BCUT2D eigenvalue weighted by Gasteiger charge is -2.10. The maximum atomic E-state index is 12.2. The first-order chi connectivity index (χ1) is 11.5. The Balaban J connectivity index is 1.88. The third kappa shape index (κ3) is 5.38. The van der Waals surface area contributed by atoms with Crippen molar-refractivity contribution in [1.82, 2.24) is 0 Å². The van der Waals surface area contributed by atoms with Crippen LogP contribution in [0, 0.1) is 0 Å². The van der Waals surface area contributed by atoms with Crippen LogP contribution in [-0.2, 0) is 11.2 Å². The summed E-state index contributed by atoms with van der Waals surface area (Å²) in [5.74, 6) is 0.0335. The molecule has 24 heavy (non-hydrogen) atoms. The van der Waals surface area contributed by atoms with Crippen LogP contribution in [0.5, 0.6) is 11.5 Å². The molecule has 0 aliphatic heterocycles. The zero-order chi connectivity index (χ0) is 17.5. The second kappa shape index (κ2) is 8.49. The lowest BCUT2D eigenvalue weighted by Crippen LogP contribution is -2.20. The van der Waals surface area contributed by atoms with E-state index < -0.39 is 12.5 Å². The number of hydrogen-bond donors (Lipinski definition) is 1. The van der Waals surface area contributed by atoms with Gasteiger partial charge in [0.05, 0.1) is 5.02 Å². The van der Waals surface area contributed by atoms with E-state index in [4.69, 9.17) is 16.3 Å². The summed E-state index contributed by atoms with van der Waals surface area (Å²) < 4.78 is 33.9. The molecule has 0 aliphatic carbocycles. The predicted octanol–water partition coefficient (Wildman–Crippen LogP) is 4.52. The number of carbonyl (C=O) groups excluding carboxylic acids is 1. The molecular weight excluding hydrogens is 340 g/mol. The summed E-state index contributed by atoms with van der Waals surface area (Å²) in [5.41, 5.74) is 1.53. The Morgan fingerprint density at radius 3 is 2.50 bits per heavy atom. The molecule has 2 aromatic carbocycles. The Morgan fingerprint density at radius 1 is 1.21 bits per heavy atom. The van der Waals surface area contributed by atoms with E-state index in [1.165, 1.54) is 23.8 Å². The zero-order valence-corrected chi connectivity index (χ0v) is 13.6. The molecule has 0 saturated carbocycles. The zero-order valence-electron chi connectivity index (χ0n) is 12.9. The highest BCUT2D eigenvalue weighted by Gasteiger charge is 2.10. The third-order valence-electron chi connectivity index (χ3n) is 3.13. The molecule has 2 rings (SSSR count). The number of alkyl halides is 2. The molecular formula is C17H16ClF2NO3. The quantitative estimate of drug-likeness (QED) is 0.794. The largest absolute Gasteiger partial charge is 0.484 e. The molecule has 128 valence electrons. The fourth-order valence-corrected chi connectivity index (χ4v) is 2.16. The number of benzene rings is 2. The molecule has 0 aromatic heterocycles. The fraction of sp³-hybridized carbons (Fsp3) is 0.235. The number of nitrogens with one attached hydrogen (secondary N) is 1. The Kier molecular flexibility index (Phi) is 6.37. The van der Waals surface area contributed by atoms with Gasteiger partial charge >= 0.3 is 6.61 Å². The van der Waals surface area contributed by atoms with E-state index in [2.05, 4.69) is 10.1 Å². The van der Waals surface area contributed by atoms with Crippen molar-refractivity contribution in [2.24, 2.45) is 0 Å². The minimum Gasteiger partial charge on any atom is -0.484 e. The maximum absolute atomic E-state index is 12.2. The summed E-state index contributed by atoms with van der Waals surface area (Å²) >= 11 is 5.82. The van der Waals surface area contributed by atoms with Crippen molar-refractivity contribution in [2.75, 3.05) is 11.9 Å². The van der Waals surface area contributed by atoms with Crippen LogP contribution in [0.25, 0.3) is 0 Å². The van der Waals surface area contributed by atoms with Crippen molar-refractivity contribution >= 4 is 23.2 Å². The highest BCUT2D eigenvalue weighted by molar-refractivity contribution is 6.32. The number of halogens is 3. The van der Waals surface area contributed by atoms with E-state index in [0.717, 1.165) is 6.42 Å². The molecule has 0 radical (unpaired) electrons. The van der Waals surface area contributed by atoms with Crippen molar-refractivity contribution in [3.63, 3.8) is 0 Å². The van der Waals surface area contributed by atoms with Crippen LogP contribution in [-0.4, -0.2) is 19.1 Å². The lowest BCUT2D eigenvalue weighted by atomic mass is 10.2. The summed E-state index contributed by atoms with van der Waals surface area (Å²) in [7, 11) is 0. The number of aryl methyl sites for hydroxylation is 1. The first-order valence-corrected chi connectivity index (χ1v) is 7.61. The molecule has 1 N–H and O–H groups in total. The number of rotatable bonds is 7. The normalized spacial score (nSPS) is 10.5. The number of anilines is 1. The average Bonchev–Trinajstić information content (AvgIpc) is 2.55. The molecule has 2 aromatic rings. The molecule has 0 aliphatic rings. The standard InChI is InChI=1S/C17H16ClF2NO3/c1-2-11-3-6-13(7-4-11)23-10-16(22)21-12-5-8-15(14(18)9-12)24-17(19)20/h3-9,17H,2,10H2,1H3,(H,21,22). The molecule has 0 bridgehead atoms. The summed E-state index contributed by atoms with van der Waals surface area (Å²) in [6, 6.07) is 11.4. The summed E-state index contributed by atoms with van der Waals surface area (Å²) in [5, 5.41) is 2.54. The van der Waals surface area contributed by atoms with Gasteiger partial charge < -0.3 is 14.8 Å². The van der Waals surface area contributed by atoms with Gasteiger partial charge in [-0.25, -0.2) is 0 Å². The number of carbonyl (C=O) groups is 1. The monoisotopic (exact) mass is 355 g/mol. The van der Waals surface area contributed by atoms with Crippen molar-refractivity contribution in [2.45, 2.75) is 20.0 Å². The van der Waals surface area contributed by atoms with Crippen LogP contribution in [0.2, 0.25) is 5.02 Å². The van der Waals surface area contributed by atoms with Crippen molar-refractivity contribution in [3.05, 3.63) is 53.1 Å². The lowest BCUT2D eigenvalue weighted by molar-refractivity contribution is -0.118. The van der Waals surface area contributed by atoms with Gasteiger partial charge in [-0.2, -0.15) is 8.78 Å².